The molecule has 7 nitrogen and oxygen atoms in total. The topological polar surface area (TPSA) is 107 Å². The quantitative estimate of drug-likeness (QED) is 0.206. The third kappa shape index (κ3) is 7.85. The van der Waals surface area contributed by atoms with Gasteiger partial charge in [-0.25, -0.2) is 0 Å². The molecule has 0 aliphatic heterocycles. The van der Waals surface area contributed by atoms with Crippen molar-refractivity contribution in [2.24, 2.45) is 0 Å². The molecule has 0 aliphatic carbocycles. The second-order valence-electron chi connectivity index (χ2n) is 10.4. The van der Waals surface area contributed by atoms with Crippen LogP contribution >= 0.6 is 11.6 Å². The van der Waals surface area contributed by atoms with Gasteiger partial charge in [0.05, 0.1) is 28.8 Å². The summed E-state index contributed by atoms with van der Waals surface area (Å²) < 4.78 is 6.11. The monoisotopic (exact) mass is 568 g/mol. The van der Waals surface area contributed by atoms with Crippen LogP contribution in [0.5, 0.6) is 0 Å². The van der Waals surface area contributed by atoms with E-state index in [1.165, 1.54) is 5.56 Å². The normalized spacial score (nSPS) is 11.9. The summed E-state index contributed by atoms with van der Waals surface area (Å²) in [6, 6.07) is 27.8. The number of nitrogens with zero attached hydrogens (tertiary/aromatic N) is 1. The second kappa shape index (κ2) is 13.3. The number of nitrogens with one attached hydrogen (secondary N) is 3. The highest BCUT2D eigenvalue weighted by molar-refractivity contribution is 6.34. The van der Waals surface area contributed by atoms with Gasteiger partial charge in [-0.15, -0.1) is 0 Å². The third-order valence-electron chi connectivity index (χ3n) is 6.97. The van der Waals surface area contributed by atoms with Crippen LogP contribution < -0.4 is 16.0 Å². The molecule has 0 radical (unpaired) electrons. The zero-order chi connectivity index (χ0) is 29.4. The molecule has 0 saturated carbocycles. The molecule has 3 aromatic carbocycles. The van der Waals surface area contributed by atoms with E-state index in [0.717, 1.165) is 11.3 Å². The lowest BCUT2D eigenvalue weighted by molar-refractivity contribution is -0.121. The molecule has 8 heteroatoms. The average Bonchev–Trinajstić information content (AvgIpc) is 3.46. The van der Waals surface area contributed by atoms with Crippen LogP contribution in [-0.4, -0.2) is 24.9 Å². The molecule has 0 aliphatic rings. The Morgan fingerprint density at radius 3 is 2.41 bits per heavy atom. The molecular weight excluding hydrogens is 536 g/mol. The minimum atomic E-state index is -0.482. The Labute approximate surface area is 245 Å². The molecule has 0 fully saturated rings. The number of carbonyl (C=O) groups excluding carboxylic acids is 2. The van der Waals surface area contributed by atoms with E-state index >= 15 is 0 Å². The minimum absolute atomic E-state index is 0.0907. The highest BCUT2D eigenvalue weighted by Crippen LogP contribution is 2.28. The summed E-state index contributed by atoms with van der Waals surface area (Å²) in [6.07, 6.45) is 0.503. The minimum Gasteiger partial charge on any atom is -0.460 e. The molecule has 0 spiro atoms. The van der Waals surface area contributed by atoms with Crippen molar-refractivity contribution in [3.8, 4) is 17.4 Å². The van der Waals surface area contributed by atoms with E-state index in [0.29, 0.717) is 34.9 Å². The van der Waals surface area contributed by atoms with E-state index in [9.17, 15) is 9.59 Å². The fourth-order valence-electron chi connectivity index (χ4n) is 4.51. The third-order valence-corrected chi connectivity index (χ3v) is 7.30. The smallest absolute Gasteiger partial charge is 0.253 e. The van der Waals surface area contributed by atoms with Gasteiger partial charge in [-0.2, -0.15) is 5.26 Å². The van der Waals surface area contributed by atoms with Crippen LogP contribution in [0.2, 0.25) is 5.02 Å². The fourth-order valence-corrected chi connectivity index (χ4v) is 4.71. The molecule has 2 amide bonds. The lowest BCUT2D eigenvalue weighted by Crippen LogP contribution is -2.40. The molecule has 4 rings (SSSR count). The van der Waals surface area contributed by atoms with Gasteiger partial charge in [0.2, 0.25) is 5.91 Å². The molecule has 1 aromatic heterocycles. The zero-order valence-corrected chi connectivity index (χ0v) is 24.1. The van der Waals surface area contributed by atoms with Gasteiger partial charge in [-0.05, 0) is 73.9 Å². The van der Waals surface area contributed by atoms with E-state index in [4.69, 9.17) is 21.3 Å². The SMILES string of the molecule is CNC(=O)C[C@@H](Cc1ccc(C#N)cc1)NC(=O)c1cc(-c2ccc(CNC(C)(C)c3ccccc3)o2)ccc1Cl. The summed E-state index contributed by atoms with van der Waals surface area (Å²) in [5, 5.41) is 18.5. The van der Waals surface area contributed by atoms with E-state index in [-0.39, 0.29) is 23.4 Å². The standard InChI is InChI=1S/C33H33ClN4O3/c1-33(2,25-7-5-4-6-8-25)37-21-27-14-16-30(41-27)24-13-15-29(34)28(18-24)32(40)38-26(19-31(39)36-3)17-22-9-11-23(20-35)12-10-22/h4-16,18,26,37H,17,19,21H2,1-3H3,(H,36,39)(H,38,40)/t26-/m1/s1. The first-order valence-electron chi connectivity index (χ1n) is 13.4. The Hall–Kier alpha value is -4.38. The Kier molecular flexibility index (Phi) is 9.61. The fraction of sp³-hybridized carbons (Fsp3) is 0.242. The first-order valence-corrected chi connectivity index (χ1v) is 13.8. The highest BCUT2D eigenvalue weighted by atomic mass is 35.5. The van der Waals surface area contributed by atoms with Crippen LogP contribution in [0.15, 0.2) is 89.3 Å². The van der Waals surface area contributed by atoms with Gasteiger partial charge in [0, 0.05) is 30.6 Å². The number of benzene rings is 3. The summed E-state index contributed by atoms with van der Waals surface area (Å²) in [5.41, 5.74) is 3.36. The van der Waals surface area contributed by atoms with Crippen molar-refractivity contribution in [2.75, 3.05) is 7.05 Å². The molecule has 1 heterocycles. The molecule has 1 atom stereocenters. The van der Waals surface area contributed by atoms with E-state index < -0.39 is 11.9 Å². The highest BCUT2D eigenvalue weighted by Gasteiger charge is 2.22. The maximum Gasteiger partial charge on any atom is 0.253 e. The van der Waals surface area contributed by atoms with Crippen LogP contribution in [0.3, 0.4) is 0 Å². The summed E-state index contributed by atoms with van der Waals surface area (Å²) in [5.74, 6) is 0.788. The van der Waals surface area contributed by atoms with Gasteiger partial charge >= 0.3 is 0 Å². The molecule has 3 N–H and O–H groups in total. The molecule has 41 heavy (non-hydrogen) atoms. The zero-order valence-electron chi connectivity index (χ0n) is 23.3. The number of nitriles is 1. The molecule has 0 unspecified atom stereocenters. The van der Waals surface area contributed by atoms with E-state index in [2.05, 4.69) is 48.0 Å². The number of hydrogen-bond donors (Lipinski definition) is 3. The van der Waals surface area contributed by atoms with Crippen LogP contribution in [0.1, 0.15) is 53.1 Å². The maximum absolute atomic E-state index is 13.4. The largest absolute Gasteiger partial charge is 0.460 e. The van der Waals surface area contributed by atoms with Crippen molar-refractivity contribution in [1.82, 2.24) is 16.0 Å². The number of rotatable bonds is 11. The summed E-state index contributed by atoms with van der Waals surface area (Å²) in [4.78, 5) is 25.5. The van der Waals surface area contributed by atoms with Gasteiger partial charge in [0.25, 0.3) is 5.91 Å². The van der Waals surface area contributed by atoms with E-state index in [1.54, 1.807) is 31.3 Å². The van der Waals surface area contributed by atoms with Gasteiger partial charge < -0.3 is 20.4 Å². The van der Waals surface area contributed by atoms with Gasteiger partial charge in [0.1, 0.15) is 11.5 Å². The predicted octanol–water partition coefficient (Wildman–Crippen LogP) is 5.97. The molecular formula is C33H33ClN4O3. The number of amides is 2. The van der Waals surface area contributed by atoms with Gasteiger partial charge in [-0.1, -0.05) is 54.1 Å². The Morgan fingerprint density at radius 1 is 1.00 bits per heavy atom. The molecule has 4 aromatic rings. The van der Waals surface area contributed by atoms with Gasteiger partial charge in [0.15, 0.2) is 0 Å². The maximum atomic E-state index is 13.4. The molecule has 210 valence electrons. The Balaban J connectivity index is 1.47. The molecule has 0 saturated heterocycles. The van der Waals surface area contributed by atoms with Crippen molar-refractivity contribution in [2.45, 2.75) is 44.8 Å². The van der Waals surface area contributed by atoms with Crippen LogP contribution in [0, 0.1) is 11.3 Å². The Morgan fingerprint density at radius 2 is 1.73 bits per heavy atom. The van der Waals surface area contributed by atoms with Crippen LogP contribution in [-0.2, 0) is 23.3 Å². The van der Waals surface area contributed by atoms with Crippen LogP contribution in [0.4, 0.5) is 0 Å². The Bertz CT molecular complexity index is 1540. The number of carbonyl (C=O) groups is 2. The molecule has 0 bridgehead atoms. The summed E-state index contributed by atoms with van der Waals surface area (Å²) in [6.45, 7) is 4.77. The first kappa shape index (κ1) is 29.6. The van der Waals surface area contributed by atoms with Crippen molar-refractivity contribution >= 4 is 23.4 Å². The first-order chi connectivity index (χ1) is 19.7. The van der Waals surface area contributed by atoms with Crippen molar-refractivity contribution < 1.29 is 14.0 Å². The van der Waals surface area contributed by atoms with Crippen LogP contribution in [0.25, 0.3) is 11.3 Å². The van der Waals surface area contributed by atoms with Gasteiger partial charge in [-0.3, -0.25) is 9.59 Å². The second-order valence-corrected chi connectivity index (χ2v) is 10.8. The lowest BCUT2D eigenvalue weighted by Gasteiger charge is -2.26. The predicted molar refractivity (Wildman–Crippen MR) is 160 cm³/mol. The number of furan rings is 1. The van der Waals surface area contributed by atoms with Crippen molar-refractivity contribution in [3.63, 3.8) is 0 Å². The lowest BCUT2D eigenvalue weighted by atomic mass is 9.94. The summed E-state index contributed by atoms with van der Waals surface area (Å²) >= 11 is 6.44. The van der Waals surface area contributed by atoms with Crippen molar-refractivity contribution in [3.05, 3.63) is 118 Å². The number of hydrogen-bond acceptors (Lipinski definition) is 5. The number of halogens is 1. The summed E-state index contributed by atoms with van der Waals surface area (Å²) in [7, 11) is 1.55. The van der Waals surface area contributed by atoms with E-state index in [1.807, 2.05) is 48.5 Å². The van der Waals surface area contributed by atoms with Crippen molar-refractivity contribution in [1.29, 1.82) is 5.26 Å². The average molecular weight is 569 g/mol.